The minimum Gasteiger partial charge on any atom is -0.454 e. The topological polar surface area (TPSA) is 182 Å². The lowest BCUT2D eigenvalue weighted by Gasteiger charge is -2.32. The molecule has 0 unspecified atom stereocenters. The van der Waals surface area contributed by atoms with Gasteiger partial charge in [-0.15, -0.1) is 0 Å². The van der Waals surface area contributed by atoms with Crippen LogP contribution in [0.2, 0.25) is 0 Å². The molecule has 0 saturated carbocycles. The third kappa shape index (κ3) is 10.5. The minimum atomic E-state index is -0.0117. The molecule has 0 spiro atoms. The second kappa shape index (κ2) is 25.9. The lowest BCUT2D eigenvalue weighted by atomic mass is 10.1. The Labute approximate surface area is 618 Å². The number of aromatic nitrogens is 8. The van der Waals surface area contributed by atoms with Crippen LogP contribution in [0.25, 0.3) is 87.8 Å². The Morgan fingerprint density at radius 1 is 0.271 bits per heavy atom. The Morgan fingerprint density at radius 3 is 0.869 bits per heavy atom. The summed E-state index contributed by atoms with van der Waals surface area (Å²) in [5, 5.41) is 9.04. The number of hydrogen-bond acceptors (Lipinski definition) is 20. The molecule has 20 heteroatoms. The Hall–Kier alpha value is -13.1. The molecule has 530 valence electrons. The van der Waals surface area contributed by atoms with Gasteiger partial charge in [-0.3, -0.25) is 19.6 Å². The molecule has 0 saturated heterocycles. The van der Waals surface area contributed by atoms with Crippen molar-refractivity contribution in [1.29, 1.82) is 0 Å². The van der Waals surface area contributed by atoms with E-state index in [0.717, 1.165) is 185 Å². The van der Waals surface area contributed by atoms with Crippen LogP contribution in [-0.2, 0) is 0 Å². The van der Waals surface area contributed by atoms with Crippen LogP contribution in [-0.4, -0.2) is 84.7 Å². The van der Waals surface area contributed by atoms with Crippen molar-refractivity contribution in [3.05, 3.63) is 248 Å². The first kappa shape index (κ1) is 65.9. The summed E-state index contributed by atoms with van der Waals surface area (Å²) >= 11 is 0. The van der Waals surface area contributed by atoms with E-state index in [1.807, 2.05) is 99.0 Å². The third-order valence-electron chi connectivity index (χ3n) is 21.5. The molecule has 9 aromatic carbocycles. The van der Waals surface area contributed by atoms with Gasteiger partial charge in [0, 0.05) is 118 Å². The first-order valence-electron chi connectivity index (χ1n) is 36.3. The molecule has 12 heterocycles. The van der Waals surface area contributed by atoms with Gasteiger partial charge in [-0.2, -0.15) is 0 Å². The quantitative estimate of drug-likeness (QED) is 0.153. The molecule has 17 aromatic rings. The van der Waals surface area contributed by atoms with E-state index in [0.29, 0.717) is 6.04 Å². The van der Waals surface area contributed by atoms with Gasteiger partial charge in [0.25, 0.3) is 0 Å². The van der Waals surface area contributed by atoms with E-state index in [4.69, 9.17) is 22.7 Å². The fraction of sp³-hybridized carbons (Fsp3) is 0.195. The number of para-hydroxylation sites is 5. The van der Waals surface area contributed by atoms with E-state index in [1.54, 1.807) is 49.6 Å². The molecule has 0 radical (unpaired) electrons. The van der Waals surface area contributed by atoms with E-state index in [9.17, 15) is 0 Å². The maximum Gasteiger partial charge on any atom is 0.178 e. The van der Waals surface area contributed by atoms with Crippen LogP contribution in [0.4, 0.5) is 75.0 Å². The van der Waals surface area contributed by atoms with Gasteiger partial charge in [0.2, 0.25) is 0 Å². The number of nitrogens with zero attached hydrogens (tertiary/aromatic N) is 16. The second-order valence-corrected chi connectivity index (χ2v) is 28.1. The van der Waals surface area contributed by atoms with Gasteiger partial charge < -0.3 is 37.3 Å². The molecule has 0 fully saturated rings. The highest BCUT2D eigenvalue weighted by atomic mass is 16.3. The van der Waals surface area contributed by atoms with E-state index < -0.39 is 0 Å². The highest BCUT2D eigenvalue weighted by molar-refractivity contribution is 6.14. The van der Waals surface area contributed by atoms with Crippen molar-refractivity contribution < 1.29 is 17.7 Å². The number of aryl methyl sites for hydroxylation is 4. The zero-order valence-electron chi connectivity index (χ0n) is 61.5. The first-order chi connectivity index (χ1) is 52.1. The molecular weight excluding hydrogens is 1330 g/mol. The van der Waals surface area contributed by atoms with Crippen LogP contribution in [0.15, 0.2) is 243 Å². The fourth-order valence-electron chi connectivity index (χ4n) is 16.3. The molecule has 4 aliphatic rings. The standard InChI is InChI=1S/C25H20N4O.C22H22N4O.2C20H18N4O/c1-16-12-13-20-19-10-6-7-11-21(19)30-23(20)22(16)29-17(2)28(18-8-4-3-5-9-18)24-25(29)27-15-14-26-24;1-13(2)25-15(4)26(22-21(25)23-11-12-24-22)19-14(3)9-10-17-16-7-5-6-8-18(16)27-20(17)19;2*1-12-8-9-15-14-6-4-5-7-16(14)25-18(15)17(12)24-13(2)23(3)19-20(24)22-11-10-21-19/h3-15,17H,1-2H3;5-13,15H,1-4H3;2*4-11,13H,1-3H3/t17-;15-;2*13-/m1111/s1. The van der Waals surface area contributed by atoms with Gasteiger partial charge in [0.15, 0.2) is 68.9 Å². The summed E-state index contributed by atoms with van der Waals surface area (Å²) in [6, 6.07) is 60.6. The number of benzene rings is 9. The summed E-state index contributed by atoms with van der Waals surface area (Å²) in [4.78, 5) is 54.7. The Bertz CT molecular complexity index is 6130. The SMILES string of the molecule is Cc1ccc2c(oc3ccccc32)c1N1c2nccnc2N(C(C)C)[C@H]1C.Cc1ccc2c(oc3ccccc32)c1N1c2nccnc2N(C)[C@H]1C.Cc1ccc2c(oc3ccccc32)c1N1c2nccnc2N(C)[C@H]1C.Cc1ccc2c(oc3ccccc32)c1N1c2nccnc2N(c2ccccc2)[C@H]1C. The minimum absolute atomic E-state index is 0.0117. The van der Waals surface area contributed by atoms with Crippen molar-refractivity contribution in [2.24, 2.45) is 0 Å². The zero-order chi connectivity index (χ0) is 73.2. The van der Waals surface area contributed by atoms with Crippen LogP contribution in [0.1, 0.15) is 63.8 Å². The van der Waals surface area contributed by atoms with Gasteiger partial charge in [-0.1, -0.05) is 140 Å². The first-order valence-corrected chi connectivity index (χ1v) is 36.3. The summed E-state index contributed by atoms with van der Waals surface area (Å²) in [6.45, 7) is 21.5. The summed E-state index contributed by atoms with van der Waals surface area (Å²) < 4.78 is 25.2. The van der Waals surface area contributed by atoms with Crippen LogP contribution in [0.5, 0.6) is 0 Å². The molecule has 21 rings (SSSR count). The molecule has 107 heavy (non-hydrogen) atoms. The zero-order valence-corrected chi connectivity index (χ0v) is 61.5. The number of hydrogen-bond donors (Lipinski definition) is 0. The van der Waals surface area contributed by atoms with Gasteiger partial charge in [0.1, 0.15) is 47.0 Å². The van der Waals surface area contributed by atoms with E-state index in [-0.39, 0.29) is 24.7 Å². The number of anilines is 13. The molecule has 0 N–H and O–H groups in total. The predicted octanol–water partition coefficient (Wildman–Crippen LogP) is 21.0. The highest BCUT2D eigenvalue weighted by Gasteiger charge is 2.43. The number of furan rings is 4. The van der Waals surface area contributed by atoms with Crippen LogP contribution in [0, 0.1) is 27.7 Å². The average molecular weight is 1410 g/mol. The van der Waals surface area contributed by atoms with E-state index >= 15 is 0 Å². The lowest BCUT2D eigenvalue weighted by Crippen LogP contribution is -2.42. The van der Waals surface area contributed by atoms with Gasteiger partial charge in [-0.25, -0.2) is 39.9 Å². The summed E-state index contributed by atoms with van der Waals surface area (Å²) in [5.41, 5.74) is 17.1. The van der Waals surface area contributed by atoms with E-state index in [2.05, 4.69) is 234 Å². The third-order valence-corrected chi connectivity index (χ3v) is 21.5. The Morgan fingerprint density at radius 2 is 0.533 bits per heavy atom. The molecule has 0 bridgehead atoms. The molecular formula is C87H78N16O4. The molecule has 20 nitrogen and oxygen atoms in total. The molecule has 4 atom stereocenters. The van der Waals surface area contributed by atoms with Crippen molar-refractivity contribution in [2.75, 3.05) is 53.3 Å². The predicted molar refractivity (Wildman–Crippen MR) is 431 cm³/mol. The second-order valence-electron chi connectivity index (χ2n) is 28.1. The van der Waals surface area contributed by atoms with Crippen molar-refractivity contribution in [3.8, 4) is 0 Å². The van der Waals surface area contributed by atoms with Gasteiger partial charge in [-0.05, 0) is 128 Å². The molecule has 8 aromatic heterocycles. The van der Waals surface area contributed by atoms with Crippen molar-refractivity contribution in [3.63, 3.8) is 0 Å². The molecule has 0 aliphatic carbocycles. The molecule has 4 aliphatic heterocycles. The van der Waals surface area contributed by atoms with Gasteiger partial charge >= 0.3 is 0 Å². The van der Waals surface area contributed by atoms with Crippen LogP contribution in [0.3, 0.4) is 0 Å². The lowest BCUT2D eigenvalue weighted by molar-refractivity contribution is 0.598. The average Bonchev–Trinajstić information content (AvgIpc) is 1.60. The van der Waals surface area contributed by atoms with Crippen molar-refractivity contribution >= 4 is 163 Å². The molecule has 0 amide bonds. The van der Waals surface area contributed by atoms with E-state index in [1.165, 1.54) is 0 Å². The monoisotopic (exact) mass is 1410 g/mol. The summed E-state index contributed by atoms with van der Waals surface area (Å²) in [7, 11) is 4.10. The summed E-state index contributed by atoms with van der Waals surface area (Å²) in [6.07, 6.45) is 14.3. The van der Waals surface area contributed by atoms with Gasteiger partial charge in [0.05, 0.1) is 22.7 Å². The smallest absolute Gasteiger partial charge is 0.178 e. The summed E-state index contributed by atoms with van der Waals surface area (Å²) in [5.74, 6) is 7.02. The normalized spacial score (nSPS) is 16.5. The maximum atomic E-state index is 6.37. The largest absolute Gasteiger partial charge is 0.454 e. The highest BCUT2D eigenvalue weighted by Crippen LogP contribution is 2.53. The van der Waals surface area contributed by atoms with Crippen molar-refractivity contribution in [1.82, 2.24) is 39.9 Å². The number of rotatable bonds is 6. The Balaban J connectivity index is 0.000000101. The fourth-order valence-corrected chi connectivity index (χ4v) is 16.3. The van der Waals surface area contributed by atoms with Crippen LogP contribution < -0.4 is 39.2 Å². The van der Waals surface area contributed by atoms with Crippen LogP contribution >= 0.6 is 0 Å². The number of fused-ring (bicyclic) bond motifs is 16. The van der Waals surface area contributed by atoms with Crippen molar-refractivity contribution in [2.45, 2.75) is 99.9 Å². The maximum absolute atomic E-state index is 6.37. The Kier molecular flexibility index (Phi) is 16.0.